The van der Waals surface area contributed by atoms with Crippen LogP contribution in [-0.2, 0) is 12.7 Å². The van der Waals surface area contributed by atoms with E-state index in [0.717, 1.165) is 30.5 Å². The van der Waals surface area contributed by atoms with Gasteiger partial charge in [-0.25, -0.2) is 4.39 Å². The Morgan fingerprint density at radius 2 is 1.71 bits per heavy atom. The van der Waals surface area contributed by atoms with Gasteiger partial charge in [0.15, 0.2) is 0 Å². The lowest BCUT2D eigenvalue weighted by Crippen LogP contribution is -2.28. The van der Waals surface area contributed by atoms with E-state index in [0.29, 0.717) is 0 Å². The zero-order valence-electron chi connectivity index (χ0n) is 16.9. The lowest BCUT2D eigenvalue weighted by molar-refractivity contribution is -0.149. The largest absolute Gasteiger partial charge is 0.418 e. The first-order valence-electron chi connectivity index (χ1n) is 9.27. The van der Waals surface area contributed by atoms with Crippen LogP contribution in [0.3, 0.4) is 0 Å². The Hall–Kier alpha value is -2.62. The van der Waals surface area contributed by atoms with Crippen LogP contribution in [0.25, 0.3) is 22.2 Å². The van der Waals surface area contributed by atoms with Crippen LogP contribution in [0.5, 0.6) is 0 Å². The quantitative estimate of drug-likeness (QED) is 0.468. The predicted octanol–water partition coefficient (Wildman–Crippen LogP) is 6.47. The summed E-state index contributed by atoms with van der Waals surface area (Å²) in [5.41, 5.74) is 2.53. The third kappa shape index (κ3) is 4.68. The monoisotopic (exact) mass is 447 g/mol. The van der Waals surface area contributed by atoms with Crippen LogP contribution >= 0.6 is 0 Å². The molecule has 1 atom stereocenters. The molecule has 0 bridgehead atoms. The minimum absolute atomic E-state index is 0.111. The number of fused-ring (bicyclic) bond motifs is 1. The van der Waals surface area contributed by atoms with E-state index in [2.05, 4.69) is 4.98 Å². The molecule has 2 aromatic heterocycles. The van der Waals surface area contributed by atoms with Gasteiger partial charge in [0.1, 0.15) is 11.9 Å². The van der Waals surface area contributed by atoms with Gasteiger partial charge < -0.3 is 10.3 Å². The molecule has 1 aromatic carbocycles. The van der Waals surface area contributed by atoms with Gasteiger partial charge in [-0.3, -0.25) is 4.98 Å². The molecule has 0 amide bonds. The number of nitrogens with two attached hydrogens (primary N) is 1. The van der Waals surface area contributed by atoms with Gasteiger partial charge in [-0.1, -0.05) is 20.8 Å². The molecule has 2 heterocycles. The third-order valence-electron chi connectivity index (χ3n) is 4.70. The molecule has 0 fully saturated rings. The highest BCUT2D eigenvalue weighted by atomic mass is 19.4. The maximum absolute atomic E-state index is 14.9. The van der Waals surface area contributed by atoms with E-state index < -0.39 is 41.0 Å². The lowest BCUT2D eigenvalue weighted by atomic mass is 9.96. The van der Waals surface area contributed by atoms with Crippen molar-refractivity contribution in [2.24, 2.45) is 11.1 Å². The van der Waals surface area contributed by atoms with Gasteiger partial charge in [-0.15, -0.1) is 0 Å². The SMILES string of the molecule is CC(C)(C)Cn1cc([C@H](N)C(F)(F)F)c2cc(F)c(-c3ncccc3C(F)(F)F)cc21. The smallest absolute Gasteiger partial charge is 0.347 e. The molecule has 3 aromatic rings. The van der Waals surface area contributed by atoms with Crippen molar-refractivity contribution >= 4 is 10.9 Å². The van der Waals surface area contributed by atoms with E-state index in [1.807, 2.05) is 20.8 Å². The number of alkyl halides is 6. The molecule has 0 aliphatic rings. The van der Waals surface area contributed by atoms with Crippen LogP contribution in [0, 0.1) is 11.2 Å². The highest BCUT2D eigenvalue weighted by Gasteiger charge is 2.40. The Bertz CT molecular complexity index is 1110. The summed E-state index contributed by atoms with van der Waals surface area (Å²) in [4.78, 5) is 3.69. The molecule has 0 aliphatic carbocycles. The molecule has 3 nitrogen and oxygen atoms in total. The van der Waals surface area contributed by atoms with E-state index in [9.17, 15) is 30.7 Å². The maximum Gasteiger partial charge on any atom is 0.418 e. The van der Waals surface area contributed by atoms with E-state index in [1.165, 1.54) is 10.8 Å². The fraction of sp³-hybridized carbons (Fsp3) is 0.381. The Balaban J connectivity index is 2.32. The molecule has 0 spiro atoms. The van der Waals surface area contributed by atoms with Crippen molar-refractivity contribution in [3.05, 3.63) is 53.6 Å². The Labute approximate surface area is 173 Å². The first-order chi connectivity index (χ1) is 14.1. The molecule has 0 unspecified atom stereocenters. The van der Waals surface area contributed by atoms with Crippen molar-refractivity contribution in [1.29, 1.82) is 0 Å². The fourth-order valence-electron chi connectivity index (χ4n) is 3.43. The summed E-state index contributed by atoms with van der Waals surface area (Å²) in [5.74, 6) is -1.12. The molecule has 2 N–H and O–H groups in total. The third-order valence-corrected chi connectivity index (χ3v) is 4.70. The second kappa shape index (κ2) is 7.51. The summed E-state index contributed by atoms with van der Waals surface area (Å²) in [5, 5.41) is -0.111. The number of halogens is 7. The molecule has 0 saturated carbocycles. The first-order valence-corrected chi connectivity index (χ1v) is 9.27. The van der Waals surface area contributed by atoms with E-state index in [4.69, 9.17) is 5.73 Å². The highest BCUT2D eigenvalue weighted by Crippen LogP contribution is 2.41. The molecule has 31 heavy (non-hydrogen) atoms. The lowest BCUT2D eigenvalue weighted by Gasteiger charge is -2.20. The van der Waals surface area contributed by atoms with Crippen molar-refractivity contribution in [3.8, 4) is 11.3 Å². The van der Waals surface area contributed by atoms with Crippen molar-refractivity contribution in [3.63, 3.8) is 0 Å². The molecule has 168 valence electrons. The van der Waals surface area contributed by atoms with Crippen LogP contribution in [-0.4, -0.2) is 15.7 Å². The summed E-state index contributed by atoms with van der Waals surface area (Å²) >= 11 is 0. The average Bonchev–Trinajstić information content (AvgIpc) is 2.94. The first kappa shape index (κ1) is 23.1. The average molecular weight is 447 g/mol. The normalized spacial score (nSPS) is 14.3. The zero-order valence-corrected chi connectivity index (χ0v) is 16.9. The summed E-state index contributed by atoms with van der Waals surface area (Å²) in [6, 6.07) is 1.36. The van der Waals surface area contributed by atoms with Gasteiger partial charge in [0.2, 0.25) is 0 Å². The van der Waals surface area contributed by atoms with Gasteiger partial charge in [0, 0.05) is 41.0 Å². The number of aromatic nitrogens is 2. The molecule has 10 heteroatoms. The van der Waals surface area contributed by atoms with Gasteiger partial charge in [0.05, 0.1) is 11.3 Å². The highest BCUT2D eigenvalue weighted by molar-refractivity contribution is 5.89. The number of pyridine rings is 1. The van der Waals surface area contributed by atoms with Gasteiger partial charge >= 0.3 is 12.4 Å². The van der Waals surface area contributed by atoms with Crippen molar-refractivity contribution < 1.29 is 30.7 Å². The number of rotatable bonds is 3. The summed E-state index contributed by atoms with van der Waals surface area (Å²) in [6.07, 6.45) is -7.30. The summed E-state index contributed by atoms with van der Waals surface area (Å²) < 4.78 is 96.4. The standard InChI is InChI=1S/C21H20F7N3/c1-19(2,3)10-31-9-13(18(29)21(26,27)28)11-7-15(22)12(8-16(11)31)17-14(20(23,24)25)5-4-6-30-17/h4-9,18H,10,29H2,1-3H3/t18-/m0/s1. The minimum atomic E-state index is -4.79. The van der Waals surface area contributed by atoms with E-state index in [1.54, 1.807) is 0 Å². The molecular weight excluding hydrogens is 427 g/mol. The van der Waals surface area contributed by atoms with Crippen LogP contribution in [0.1, 0.15) is 37.9 Å². The van der Waals surface area contributed by atoms with Crippen molar-refractivity contribution in [1.82, 2.24) is 9.55 Å². The predicted molar refractivity (Wildman–Crippen MR) is 103 cm³/mol. The van der Waals surface area contributed by atoms with E-state index in [-0.39, 0.29) is 28.4 Å². The number of nitrogens with zero attached hydrogens (tertiary/aromatic N) is 2. The molecule has 0 aliphatic heterocycles. The summed E-state index contributed by atoms with van der Waals surface area (Å²) in [6.45, 7) is 5.75. The van der Waals surface area contributed by atoms with Crippen molar-refractivity contribution in [2.75, 3.05) is 0 Å². The van der Waals surface area contributed by atoms with Gasteiger partial charge in [-0.05, 0) is 29.7 Å². The number of hydrogen-bond acceptors (Lipinski definition) is 2. The molecule has 0 saturated heterocycles. The van der Waals surface area contributed by atoms with Gasteiger partial charge in [-0.2, -0.15) is 26.3 Å². The molecule has 3 rings (SSSR count). The van der Waals surface area contributed by atoms with Crippen molar-refractivity contribution in [2.45, 2.75) is 45.7 Å². The second-order valence-corrected chi connectivity index (χ2v) is 8.54. The Morgan fingerprint density at radius 3 is 2.26 bits per heavy atom. The fourth-order valence-corrected chi connectivity index (χ4v) is 3.43. The topological polar surface area (TPSA) is 43.8 Å². The van der Waals surface area contributed by atoms with Crippen LogP contribution in [0.4, 0.5) is 30.7 Å². The van der Waals surface area contributed by atoms with Crippen LogP contribution in [0.15, 0.2) is 36.7 Å². The van der Waals surface area contributed by atoms with Gasteiger partial charge in [0.25, 0.3) is 0 Å². The maximum atomic E-state index is 14.9. The Morgan fingerprint density at radius 1 is 1.06 bits per heavy atom. The molecular formula is C21H20F7N3. The minimum Gasteiger partial charge on any atom is -0.347 e. The number of hydrogen-bond donors (Lipinski definition) is 1. The second-order valence-electron chi connectivity index (χ2n) is 8.54. The van der Waals surface area contributed by atoms with Crippen LogP contribution < -0.4 is 5.73 Å². The van der Waals surface area contributed by atoms with E-state index >= 15 is 0 Å². The van der Waals surface area contributed by atoms with Crippen LogP contribution in [0.2, 0.25) is 0 Å². The summed E-state index contributed by atoms with van der Waals surface area (Å²) in [7, 11) is 0. The number of benzene rings is 1. The Kier molecular flexibility index (Phi) is 5.58. The molecule has 0 radical (unpaired) electrons. The zero-order chi connectivity index (χ0) is 23.4.